The highest BCUT2D eigenvalue weighted by atomic mass is 16.1. The molecule has 0 fully saturated rings. The molecule has 1 unspecified atom stereocenters. The van der Waals surface area contributed by atoms with Crippen molar-refractivity contribution in [3.8, 4) is 0 Å². The Kier molecular flexibility index (Phi) is 3.10. The lowest BCUT2D eigenvalue weighted by molar-refractivity contribution is -0.125. The van der Waals surface area contributed by atoms with Crippen LogP contribution in [0.25, 0.3) is 6.08 Å². The minimum absolute atomic E-state index is 0.235. The van der Waals surface area contributed by atoms with Crippen LogP contribution in [0.2, 0.25) is 0 Å². The molecule has 1 aliphatic rings. The second-order valence-corrected chi connectivity index (χ2v) is 3.72. The first-order valence-electron chi connectivity index (χ1n) is 5.20. The topological polar surface area (TPSA) is 51.2 Å². The predicted molar refractivity (Wildman–Crippen MR) is 63.1 cm³/mol. The second-order valence-electron chi connectivity index (χ2n) is 3.72. The minimum Gasteiger partial charge on any atom is -0.302 e. The van der Waals surface area contributed by atoms with Gasteiger partial charge in [0.05, 0.1) is 0 Å². The predicted octanol–water partition coefficient (Wildman–Crippen LogP) is 1.59. The van der Waals surface area contributed by atoms with E-state index in [2.05, 4.69) is 0 Å². The first kappa shape index (κ1) is 11.2. The average molecular weight is 226 g/mol. The molecule has 3 nitrogen and oxygen atoms in total. The van der Waals surface area contributed by atoms with Crippen molar-refractivity contribution in [3.05, 3.63) is 53.6 Å². The smallest absolute Gasteiger partial charge is 0.183 e. The normalized spacial score (nSPS) is 21.9. The Balaban J connectivity index is 2.45. The molecular formula is C14H10O3. The molecule has 84 valence electrons. The standard InChI is InChI=1S/C14H10O3/c15-9-12-11(13(16)6-7-14(12)17)8-10-4-2-1-3-5-10/h1-9,12H/b11-8-. The number of benzene rings is 1. The van der Waals surface area contributed by atoms with Crippen LogP contribution in [0.3, 0.4) is 0 Å². The fourth-order valence-electron chi connectivity index (χ4n) is 1.69. The number of hydrogen-bond acceptors (Lipinski definition) is 3. The van der Waals surface area contributed by atoms with E-state index in [1.165, 1.54) is 6.08 Å². The Morgan fingerprint density at radius 1 is 1.00 bits per heavy atom. The number of aldehydes is 1. The van der Waals surface area contributed by atoms with Gasteiger partial charge in [-0.05, 0) is 23.8 Å². The Morgan fingerprint density at radius 2 is 1.71 bits per heavy atom. The third-order valence-electron chi connectivity index (χ3n) is 2.58. The van der Waals surface area contributed by atoms with Gasteiger partial charge in [0.1, 0.15) is 12.2 Å². The minimum atomic E-state index is -0.965. The maximum atomic E-state index is 11.6. The van der Waals surface area contributed by atoms with Gasteiger partial charge in [-0.15, -0.1) is 0 Å². The number of ketones is 2. The quantitative estimate of drug-likeness (QED) is 0.437. The lowest BCUT2D eigenvalue weighted by Crippen LogP contribution is -2.24. The number of carbonyl (C=O) groups excluding carboxylic acids is 3. The van der Waals surface area contributed by atoms with Crippen molar-refractivity contribution in [2.75, 3.05) is 0 Å². The Bertz CT molecular complexity index is 524. The van der Waals surface area contributed by atoms with E-state index in [1.54, 1.807) is 6.08 Å². The van der Waals surface area contributed by atoms with Crippen LogP contribution in [0.15, 0.2) is 48.1 Å². The van der Waals surface area contributed by atoms with Crippen molar-refractivity contribution >= 4 is 23.9 Å². The van der Waals surface area contributed by atoms with Gasteiger partial charge in [-0.3, -0.25) is 9.59 Å². The summed E-state index contributed by atoms with van der Waals surface area (Å²) in [6.07, 6.45) is 4.46. The molecule has 0 spiro atoms. The van der Waals surface area contributed by atoms with Crippen molar-refractivity contribution in [1.29, 1.82) is 0 Å². The molecule has 2 rings (SSSR count). The summed E-state index contributed by atoms with van der Waals surface area (Å²) in [5.41, 5.74) is 1.03. The lowest BCUT2D eigenvalue weighted by Gasteiger charge is -2.13. The molecule has 0 heterocycles. The molecule has 1 aromatic rings. The van der Waals surface area contributed by atoms with E-state index in [-0.39, 0.29) is 17.1 Å². The number of rotatable bonds is 2. The van der Waals surface area contributed by atoms with E-state index in [1.807, 2.05) is 30.3 Å². The van der Waals surface area contributed by atoms with Crippen molar-refractivity contribution in [3.63, 3.8) is 0 Å². The van der Waals surface area contributed by atoms with E-state index >= 15 is 0 Å². The number of carbonyl (C=O) groups is 3. The summed E-state index contributed by atoms with van der Waals surface area (Å²) >= 11 is 0. The van der Waals surface area contributed by atoms with Gasteiger partial charge in [-0.25, -0.2) is 0 Å². The summed E-state index contributed by atoms with van der Waals surface area (Å²) in [6, 6.07) is 9.13. The maximum absolute atomic E-state index is 11.6. The largest absolute Gasteiger partial charge is 0.302 e. The second kappa shape index (κ2) is 4.70. The van der Waals surface area contributed by atoms with Crippen LogP contribution >= 0.6 is 0 Å². The molecule has 0 radical (unpaired) electrons. The molecule has 0 amide bonds. The van der Waals surface area contributed by atoms with Crippen molar-refractivity contribution in [2.24, 2.45) is 5.92 Å². The van der Waals surface area contributed by atoms with E-state index in [9.17, 15) is 14.4 Å². The Hall–Kier alpha value is -2.29. The zero-order valence-corrected chi connectivity index (χ0v) is 9.00. The van der Waals surface area contributed by atoms with Crippen molar-refractivity contribution < 1.29 is 14.4 Å². The molecule has 0 saturated heterocycles. The van der Waals surface area contributed by atoms with E-state index in [4.69, 9.17) is 0 Å². The van der Waals surface area contributed by atoms with Crippen LogP contribution in [-0.4, -0.2) is 17.9 Å². The monoisotopic (exact) mass is 226 g/mol. The first-order valence-corrected chi connectivity index (χ1v) is 5.20. The van der Waals surface area contributed by atoms with E-state index in [0.717, 1.165) is 11.6 Å². The van der Waals surface area contributed by atoms with Gasteiger partial charge in [0.2, 0.25) is 0 Å². The molecule has 1 aromatic carbocycles. The summed E-state index contributed by atoms with van der Waals surface area (Å²) in [5, 5.41) is 0. The van der Waals surface area contributed by atoms with Crippen molar-refractivity contribution in [2.45, 2.75) is 0 Å². The molecular weight excluding hydrogens is 216 g/mol. The Labute approximate surface area is 98.5 Å². The summed E-state index contributed by atoms with van der Waals surface area (Å²) in [5.74, 6) is -1.60. The molecule has 0 saturated carbocycles. The van der Waals surface area contributed by atoms with Gasteiger partial charge in [0, 0.05) is 5.57 Å². The van der Waals surface area contributed by atoms with Crippen LogP contribution in [0, 0.1) is 5.92 Å². The molecule has 17 heavy (non-hydrogen) atoms. The molecule has 0 bridgehead atoms. The van der Waals surface area contributed by atoms with Gasteiger partial charge in [0.25, 0.3) is 0 Å². The zero-order chi connectivity index (χ0) is 12.3. The van der Waals surface area contributed by atoms with E-state index in [0.29, 0.717) is 6.29 Å². The van der Waals surface area contributed by atoms with Crippen LogP contribution < -0.4 is 0 Å². The van der Waals surface area contributed by atoms with Gasteiger partial charge in [0.15, 0.2) is 11.6 Å². The van der Waals surface area contributed by atoms with Crippen LogP contribution in [-0.2, 0) is 14.4 Å². The average Bonchev–Trinajstić information content (AvgIpc) is 2.35. The highest BCUT2D eigenvalue weighted by Crippen LogP contribution is 2.20. The van der Waals surface area contributed by atoms with Gasteiger partial charge < -0.3 is 4.79 Å². The molecule has 1 aliphatic carbocycles. The maximum Gasteiger partial charge on any atom is 0.183 e. The SMILES string of the molecule is O=CC1C(=O)C=CC(=O)/C1=C\c1ccccc1. The molecule has 1 atom stereocenters. The van der Waals surface area contributed by atoms with Crippen LogP contribution in [0.1, 0.15) is 5.56 Å². The highest BCUT2D eigenvalue weighted by molar-refractivity contribution is 6.22. The fraction of sp³-hybridized carbons (Fsp3) is 0.0714. The molecule has 0 aromatic heterocycles. The van der Waals surface area contributed by atoms with E-state index < -0.39 is 5.92 Å². The number of allylic oxidation sites excluding steroid dienone is 3. The highest BCUT2D eigenvalue weighted by Gasteiger charge is 2.28. The summed E-state index contributed by atoms with van der Waals surface area (Å²) in [7, 11) is 0. The first-order chi connectivity index (χ1) is 8.22. The van der Waals surface area contributed by atoms with Gasteiger partial charge in [-0.2, -0.15) is 0 Å². The van der Waals surface area contributed by atoms with Gasteiger partial charge in [-0.1, -0.05) is 30.3 Å². The van der Waals surface area contributed by atoms with Crippen LogP contribution in [0.4, 0.5) is 0 Å². The summed E-state index contributed by atoms with van der Waals surface area (Å²) in [4.78, 5) is 34.0. The van der Waals surface area contributed by atoms with Crippen molar-refractivity contribution in [1.82, 2.24) is 0 Å². The molecule has 3 heteroatoms. The Morgan fingerprint density at radius 3 is 2.35 bits per heavy atom. The summed E-state index contributed by atoms with van der Waals surface area (Å²) < 4.78 is 0. The third-order valence-corrected chi connectivity index (χ3v) is 2.58. The number of hydrogen-bond donors (Lipinski definition) is 0. The van der Waals surface area contributed by atoms with Crippen LogP contribution in [0.5, 0.6) is 0 Å². The lowest BCUT2D eigenvalue weighted by atomic mass is 9.86. The molecule has 0 aliphatic heterocycles. The third kappa shape index (κ3) is 2.28. The fourth-order valence-corrected chi connectivity index (χ4v) is 1.69. The zero-order valence-electron chi connectivity index (χ0n) is 9.00. The van der Waals surface area contributed by atoms with Gasteiger partial charge >= 0.3 is 0 Å². The molecule has 0 N–H and O–H groups in total. The summed E-state index contributed by atoms with van der Waals surface area (Å²) in [6.45, 7) is 0.